The second-order valence-electron chi connectivity index (χ2n) is 8.89. The summed E-state index contributed by atoms with van der Waals surface area (Å²) < 4.78 is 11.8. The van der Waals surface area contributed by atoms with E-state index >= 15 is 0 Å². The van der Waals surface area contributed by atoms with Crippen molar-refractivity contribution in [2.24, 2.45) is 0 Å². The third kappa shape index (κ3) is 4.18. The lowest BCUT2D eigenvalue weighted by atomic mass is 9.70. The number of carbonyl (C=O) groups excluding carboxylic acids is 2. The van der Waals surface area contributed by atoms with Crippen molar-refractivity contribution >= 4 is 11.8 Å². The van der Waals surface area contributed by atoms with E-state index in [0.29, 0.717) is 34.6 Å². The SMILES string of the molecule is CCCCCc1ccc2c3c1OC(C(=O)OCCCC)CCC2(OO)c1ccccc1C3=O. The van der Waals surface area contributed by atoms with E-state index in [0.717, 1.165) is 44.1 Å². The van der Waals surface area contributed by atoms with Crippen molar-refractivity contribution < 1.29 is 29.2 Å². The van der Waals surface area contributed by atoms with E-state index in [4.69, 9.17) is 14.4 Å². The number of ether oxygens (including phenoxy) is 2. The maximum absolute atomic E-state index is 13.7. The summed E-state index contributed by atoms with van der Waals surface area (Å²) >= 11 is 0. The number of ketones is 1. The van der Waals surface area contributed by atoms with Gasteiger partial charge in [0.25, 0.3) is 0 Å². The molecule has 33 heavy (non-hydrogen) atoms. The molecule has 0 spiro atoms. The summed E-state index contributed by atoms with van der Waals surface area (Å²) in [5.41, 5.74) is 1.69. The van der Waals surface area contributed by atoms with E-state index in [1.54, 1.807) is 18.2 Å². The standard InChI is InChI=1S/C27H32O6/c1-3-5-7-10-18-13-14-21-23-24(28)19-11-8-9-12-20(19)27(21,33-30)16-15-22(32-25(18)23)26(29)31-17-6-4-2/h8-9,11-14,22,30H,3-7,10,15-17H2,1-2H3. The van der Waals surface area contributed by atoms with Gasteiger partial charge in [0.2, 0.25) is 0 Å². The number of rotatable bonds is 9. The largest absolute Gasteiger partial charge is 0.478 e. The van der Waals surface area contributed by atoms with E-state index in [1.165, 1.54) is 0 Å². The fourth-order valence-corrected chi connectivity index (χ4v) is 4.92. The van der Waals surface area contributed by atoms with E-state index in [2.05, 4.69) is 6.92 Å². The lowest BCUT2D eigenvalue weighted by molar-refractivity contribution is -0.319. The average Bonchev–Trinajstić information content (AvgIpc) is 2.83. The second-order valence-corrected chi connectivity index (χ2v) is 8.89. The van der Waals surface area contributed by atoms with Crippen LogP contribution in [-0.4, -0.2) is 29.7 Å². The minimum absolute atomic E-state index is 0.180. The van der Waals surface area contributed by atoms with Crippen molar-refractivity contribution in [1.29, 1.82) is 0 Å². The topological polar surface area (TPSA) is 82.1 Å². The highest BCUT2D eigenvalue weighted by Gasteiger charge is 2.49. The van der Waals surface area contributed by atoms with Crippen LogP contribution in [0.25, 0.3) is 0 Å². The molecule has 1 N–H and O–H groups in total. The molecule has 176 valence electrons. The van der Waals surface area contributed by atoms with Gasteiger partial charge in [0.1, 0.15) is 5.75 Å². The first kappa shape index (κ1) is 23.5. The van der Waals surface area contributed by atoms with Crippen molar-refractivity contribution in [3.63, 3.8) is 0 Å². The molecule has 2 aromatic rings. The Morgan fingerprint density at radius 1 is 1.09 bits per heavy atom. The lowest BCUT2D eigenvalue weighted by Gasteiger charge is -2.40. The average molecular weight is 453 g/mol. The second kappa shape index (κ2) is 10.1. The maximum Gasteiger partial charge on any atom is 0.347 e. The number of unbranched alkanes of at least 4 members (excludes halogenated alkanes) is 3. The Bertz CT molecular complexity index is 1030. The minimum Gasteiger partial charge on any atom is -0.478 e. The fraction of sp³-hybridized carbons (Fsp3) is 0.481. The molecule has 4 bridgehead atoms. The van der Waals surface area contributed by atoms with Gasteiger partial charge in [-0.05, 0) is 37.7 Å². The molecule has 0 saturated heterocycles. The fourth-order valence-electron chi connectivity index (χ4n) is 4.92. The number of benzene rings is 2. The van der Waals surface area contributed by atoms with Crippen LogP contribution in [0.3, 0.4) is 0 Å². The lowest BCUT2D eigenvalue weighted by Crippen LogP contribution is -2.43. The minimum atomic E-state index is -1.25. The molecule has 2 unspecified atom stereocenters. The first-order chi connectivity index (χ1) is 16.1. The summed E-state index contributed by atoms with van der Waals surface area (Å²) in [5, 5.41) is 10.2. The summed E-state index contributed by atoms with van der Waals surface area (Å²) in [6.45, 7) is 4.50. The molecule has 2 atom stereocenters. The van der Waals surface area contributed by atoms with Crippen LogP contribution in [0.2, 0.25) is 0 Å². The highest BCUT2D eigenvalue weighted by atomic mass is 17.1. The van der Waals surface area contributed by atoms with Gasteiger partial charge in [-0.3, -0.25) is 10.1 Å². The Hall–Kier alpha value is -2.70. The van der Waals surface area contributed by atoms with E-state index < -0.39 is 17.7 Å². The summed E-state index contributed by atoms with van der Waals surface area (Å²) in [4.78, 5) is 31.8. The summed E-state index contributed by atoms with van der Waals surface area (Å²) in [6, 6.07) is 11.0. The third-order valence-electron chi connectivity index (χ3n) is 6.74. The van der Waals surface area contributed by atoms with Gasteiger partial charge in [-0.15, -0.1) is 0 Å². The van der Waals surface area contributed by atoms with Gasteiger partial charge in [-0.1, -0.05) is 69.5 Å². The zero-order valence-corrected chi connectivity index (χ0v) is 19.4. The number of fused-ring (bicyclic) bond motifs is 2. The summed E-state index contributed by atoms with van der Waals surface area (Å²) in [7, 11) is 0. The quantitative estimate of drug-likeness (QED) is 0.231. The number of aryl methyl sites for hydroxylation is 1. The van der Waals surface area contributed by atoms with Gasteiger partial charge in [0.15, 0.2) is 17.5 Å². The molecule has 0 radical (unpaired) electrons. The van der Waals surface area contributed by atoms with Gasteiger partial charge in [0, 0.05) is 16.7 Å². The van der Waals surface area contributed by atoms with Crippen molar-refractivity contribution in [3.8, 4) is 5.75 Å². The molecule has 1 heterocycles. The Balaban J connectivity index is 1.84. The molecule has 4 rings (SSSR count). The zero-order chi connectivity index (χ0) is 23.4. The molecule has 0 amide bonds. The van der Waals surface area contributed by atoms with Crippen LogP contribution >= 0.6 is 0 Å². The highest BCUT2D eigenvalue weighted by molar-refractivity contribution is 6.15. The Morgan fingerprint density at radius 2 is 1.88 bits per heavy atom. The number of hydrogen-bond acceptors (Lipinski definition) is 6. The number of hydrogen-bond donors (Lipinski definition) is 1. The van der Waals surface area contributed by atoms with Crippen molar-refractivity contribution in [2.45, 2.75) is 76.9 Å². The molecule has 1 aliphatic heterocycles. The van der Waals surface area contributed by atoms with Gasteiger partial charge in [0.05, 0.1) is 12.2 Å². The van der Waals surface area contributed by atoms with Crippen molar-refractivity contribution in [1.82, 2.24) is 0 Å². The van der Waals surface area contributed by atoms with Crippen LogP contribution in [-0.2, 0) is 26.4 Å². The first-order valence-electron chi connectivity index (χ1n) is 12.0. The molecular weight excluding hydrogens is 420 g/mol. The van der Waals surface area contributed by atoms with Gasteiger partial charge in [-0.25, -0.2) is 9.68 Å². The Morgan fingerprint density at radius 3 is 2.64 bits per heavy atom. The van der Waals surface area contributed by atoms with Crippen LogP contribution in [0, 0.1) is 0 Å². The molecule has 6 nitrogen and oxygen atoms in total. The predicted octanol–water partition coefficient (Wildman–Crippen LogP) is 5.58. The Labute approximate surface area is 194 Å². The first-order valence-corrected chi connectivity index (χ1v) is 12.0. The highest BCUT2D eigenvalue weighted by Crippen LogP contribution is 2.50. The Kier molecular flexibility index (Phi) is 7.15. The molecule has 0 fully saturated rings. The smallest absolute Gasteiger partial charge is 0.347 e. The molecule has 0 saturated carbocycles. The van der Waals surface area contributed by atoms with Gasteiger partial charge >= 0.3 is 5.97 Å². The van der Waals surface area contributed by atoms with E-state index in [-0.39, 0.29) is 18.6 Å². The molecule has 0 aromatic heterocycles. The van der Waals surface area contributed by atoms with E-state index in [9.17, 15) is 14.8 Å². The van der Waals surface area contributed by atoms with Crippen LogP contribution in [0.15, 0.2) is 36.4 Å². The molecule has 2 aromatic carbocycles. The molecule has 2 aliphatic rings. The molecule has 1 aliphatic carbocycles. The monoisotopic (exact) mass is 452 g/mol. The zero-order valence-electron chi connectivity index (χ0n) is 19.4. The van der Waals surface area contributed by atoms with Crippen LogP contribution in [0.1, 0.15) is 91.4 Å². The number of carbonyl (C=O) groups is 2. The normalized spacial score (nSPS) is 20.9. The number of esters is 1. The summed E-state index contributed by atoms with van der Waals surface area (Å²) in [5.74, 6) is -0.211. The third-order valence-corrected chi connectivity index (χ3v) is 6.74. The van der Waals surface area contributed by atoms with Crippen molar-refractivity contribution in [3.05, 3.63) is 64.2 Å². The summed E-state index contributed by atoms with van der Waals surface area (Å²) in [6.07, 6.45) is 5.16. The molecular formula is C27H32O6. The predicted molar refractivity (Wildman–Crippen MR) is 124 cm³/mol. The van der Waals surface area contributed by atoms with Gasteiger partial charge < -0.3 is 9.47 Å². The van der Waals surface area contributed by atoms with Crippen LogP contribution in [0.5, 0.6) is 5.75 Å². The maximum atomic E-state index is 13.7. The van der Waals surface area contributed by atoms with Gasteiger partial charge in [-0.2, -0.15) is 0 Å². The van der Waals surface area contributed by atoms with Crippen molar-refractivity contribution in [2.75, 3.05) is 6.61 Å². The molecule has 6 heteroatoms. The van der Waals surface area contributed by atoms with E-state index in [1.807, 2.05) is 25.1 Å². The van der Waals surface area contributed by atoms with Crippen LogP contribution < -0.4 is 4.74 Å². The van der Waals surface area contributed by atoms with Crippen LogP contribution in [0.4, 0.5) is 0 Å².